The average molecular weight is 1080 g/mol. The Labute approximate surface area is 478 Å². The molecule has 0 radical (unpaired) electrons. The van der Waals surface area contributed by atoms with Gasteiger partial charge < -0.3 is 14.2 Å². The molecule has 0 saturated heterocycles. The van der Waals surface area contributed by atoms with Crippen LogP contribution in [0.15, 0.2) is 72.9 Å². The van der Waals surface area contributed by atoms with Crippen LogP contribution in [0.25, 0.3) is 0 Å². The highest BCUT2D eigenvalue weighted by Crippen LogP contribution is 2.17. The zero-order valence-corrected chi connectivity index (χ0v) is 51.2. The van der Waals surface area contributed by atoms with Crippen LogP contribution in [-0.4, -0.2) is 37.2 Å². The van der Waals surface area contributed by atoms with Crippen molar-refractivity contribution in [3.63, 3.8) is 0 Å². The normalized spacial score (nSPS) is 12.5. The lowest BCUT2D eigenvalue weighted by molar-refractivity contribution is -0.167. The SMILES string of the molecule is CCCCC/C=C\C/C=C\CCCCCCCC(=O)OCC(COC(=O)CCCCCCCCCCCCCCCCCCC/C=C\C/C=C\CCCCCCC)OC(=O)CCCCCCC/C=C\C/C=C\CCCCC. The molecule has 6 nitrogen and oxygen atoms in total. The van der Waals surface area contributed by atoms with E-state index in [4.69, 9.17) is 14.2 Å². The highest BCUT2D eigenvalue weighted by Gasteiger charge is 2.19. The first-order valence-corrected chi connectivity index (χ1v) is 33.4. The second-order valence-electron chi connectivity index (χ2n) is 22.4. The molecule has 0 amide bonds. The molecule has 0 spiro atoms. The topological polar surface area (TPSA) is 78.9 Å². The molecule has 0 bridgehead atoms. The van der Waals surface area contributed by atoms with E-state index in [0.29, 0.717) is 19.3 Å². The van der Waals surface area contributed by atoms with Gasteiger partial charge in [0, 0.05) is 19.3 Å². The van der Waals surface area contributed by atoms with Gasteiger partial charge in [-0.1, -0.05) is 280 Å². The van der Waals surface area contributed by atoms with Crippen molar-refractivity contribution in [1.29, 1.82) is 0 Å². The van der Waals surface area contributed by atoms with Gasteiger partial charge in [-0.05, 0) is 116 Å². The van der Waals surface area contributed by atoms with E-state index in [9.17, 15) is 14.4 Å². The number of carbonyl (C=O) groups is 3. The number of unbranched alkanes of at least 4 members (excludes halogenated alkanes) is 38. The number of carbonyl (C=O) groups excluding carboxylic acids is 3. The Kier molecular flexibility index (Phi) is 62.7. The number of hydrogen-bond donors (Lipinski definition) is 0. The molecule has 0 heterocycles. The summed E-state index contributed by atoms with van der Waals surface area (Å²) in [6.45, 7) is 6.59. The number of esters is 3. The van der Waals surface area contributed by atoms with E-state index >= 15 is 0 Å². The Morgan fingerprint density at radius 3 is 0.740 bits per heavy atom. The third-order valence-corrected chi connectivity index (χ3v) is 14.7. The smallest absolute Gasteiger partial charge is 0.306 e. The summed E-state index contributed by atoms with van der Waals surface area (Å²) in [7, 11) is 0. The van der Waals surface area contributed by atoms with Gasteiger partial charge in [-0.15, -0.1) is 0 Å². The van der Waals surface area contributed by atoms with Crippen LogP contribution in [0.1, 0.15) is 342 Å². The Morgan fingerprint density at radius 1 is 0.260 bits per heavy atom. The predicted octanol–water partition coefficient (Wildman–Crippen LogP) is 22.9. The monoisotopic (exact) mass is 1070 g/mol. The van der Waals surface area contributed by atoms with Crippen LogP contribution in [0, 0.1) is 0 Å². The fourth-order valence-electron chi connectivity index (χ4n) is 9.59. The molecule has 0 aromatic rings. The standard InChI is InChI=1S/C71H126O6/c1-4-7-10-13-16-19-22-25-28-29-30-31-32-33-34-35-36-37-38-39-40-41-44-46-49-52-55-58-61-64-70(73)76-67-68(77-71(74)65-62-59-56-53-50-47-43-27-24-21-18-15-12-9-6-3)66-75-69(72)63-60-57-54-51-48-45-42-26-23-20-17-14-11-8-5-2/h17-18,20-22,25-27,29-30,42-43,68H,4-16,19,23-24,28,31-41,44-67H2,1-3H3/b20-17-,21-18-,25-22-,30-29-,42-26-,43-27-. The summed E-state index contributed by atoms with van der Waals surface area (Å²) >= 11 is 0. The van der Waals surface area contributed by atoms with Crippen molar-refractivity contribution in [3.8, 4) is 0 Å². The number of hydrogen-bond acceptors (Lipinski definition) is 6. The zero-order chi connectivity index (χ0) is 55.7. The minimum atomic E-state index is -0.789. The summed E-state index contributed by atoms with van der Waals surface area (Å²) in [5.41, 5.74) is 0. The summed E-state index contributed by atoms with van der Waals surface area (Å²) < 4.78 is 16.9. The van der Waals surface area contributed by atoms with Crippen LogP contribution in [0.4, 0.5) is 0 Å². The Bertz CT molecular complexity index is 1420. The van der Waals surface area contributed by atoms with E-state index in [1.165, 1.54) is 193 Å². The van der Waals surface area contributed by atoms with Crippen LogP contribution in [0.2, 0.25) is 0 Å². The fraction of sp³-hybridized carbons (Fsp3) is 0.789. The van der Waals surface area contributed by atoms with Crippen LogP contribution in [-0.2, 0) is 28.6 Å². The first kappa shape index (κ1) is 73.8. The molecule has 1 atom stereocenters. The van der Waals surface area contributed by atoms with Crippen LogP contribution >= 0.6 is 0 Å². The summed E-state index contributed by atoms with van der Waals surface area (Å²) in [6.07, 6.45) is 84.9. The Morgan fingerprint density at radius 2 is 0.468 bits per heavy atom. The van der Waals surface area contributed by atoms with Gasteiger partial charge in [0.05, 0.1) is 0 Å². The van der Waals surface area contributed by atoms with Crippen molar-refractivity contribution in [2.24, 2.45) is 0 Å². The zero-order valence-electron chi connectivity index (χ0n) is 51.2. The maximum absolute atomic E-state index is 12.9. The largest absolute Gasteiger partial charge is 0.462 e. The molecular formula is C71H126O6. The lowest BCUT2D eigenvalue weighted by atomic mass is 10.0. The number of allylic oxidation sites excluding steroid dienone is 12. The molecule has 0 N–H and O–H groups in total. The van der Waals surface area contributed by atoms with Crippen molar-refractivity contribution in [2.75, 3.05) is 13.2 Å². The molecule has 0 aromatic carbocycles. The van der Waals surface area contributed by atoms with Crippen LogP contribution in [0.3, 0.4) is 0 Å². The molecular weight excluding hydrogens is 949 g/mol. The Balaban J connectivity index is 4.23. The highest BCUT2D eigenvalue weighted by atomic mass is 16.6. The molecule has 0 aliphatic carbocycles. The van der Waals surface area contributed by atoms with Gasteiger partial charge in [0.1, 0.15) is 13.2 Å². The molecule has 0 aliphatic heterocycles. The van der Waals surface area contributed by atoms with Gasteiger partial charge in [-0.25, -0.2) is 0 Å². The average Bonchev–Trinajstić information content (AvgIpc) is 3.43. The van der Waals surface area contributed by atoms with Crippen molar-refractivity contribution >= 4 is 17.9 Å². The molecule has 1 unspecified atom stereocenters. The minimum Gasteiger partial charge on any atom is -0.462 e. The molecule has 0 aromatic heterocycles. The van der Waals surface area contributed by atoms with E-state index in [-0.39, 0.29) is 31.1 Å². The van der Waals surface area contributed by atoms with Gasteiger partial charge in [0.15, 0.2) is 6.10 Å². The lowest BCUT2D eigenvalue weighted by Crippen LogP contribution is -2.30. The molecule has 446 valence electrons. The van der Waals surface area contributed by atoms with Crippen LogP contribution in [0.5, 0.6) is 0 Å². The van der Waals surface area contributed by atoms with Crippen LogP contribution < -0.4 is 0 Å². The van der Waals surface area contributed by atoms with Crippen molar-refractivity contribution in [3.05, 3.63) is 72.9 Å². The molecule has 0 saturated carbocycles. The van der Waals surface area contributed by atoms with E-state index in [1.54, 1.807) is 0 Å². The van der Waals surface area contributed by atoms with Gasteiger partial charge in [0.2, 0.25) is 0 Å². The minimum absolute atomic E-state index is 0.0833. The van der Waals surface area contributed by atoms with Gasteiger partial charge in [-0.2, -0.15) is 0 Å². The highest BCUT2D eigenvalue weighted by molar-refractivity contribution is 5.71. The maximum atomic E-state index is 12.9. The van der Waals surface area contributed by atoms with Gasteiger partial charge in [0.25, 0.3) is 0 Å². The summed E-state index contributed by atoms with van der Waals surface area (Å²) in [6, 6.07) is 0. The Hall–Kier alpha value is -3.15. The van der Waals surface area contributed by atoms with Gasteiger partial charge >= 0.3 is 17.9 Å². The summed E-state index contributed by atoms with van der Waals surface area (Å²) in [4.78, 5) is 38.3. The van der Waals surface area contributed by atoms with Crippen molar-refractivity contribution in [1.82, 2.24) is 0 Å². The van der Waals surface area contributed by atoms with Gasteiger partial charge in [-0.3, -0.25) is 14.4 Å². The maximum Gasteiger partial charge on any atom is 0.306 e. The molecule has 0 aliphatic rings. The third-order valence-electron chi connectivity index (χ3n) is 14.7. The number of rotatable bonds is 61. The molecule has 0 fully saturated rings. The molecule has 77 heavy (non-hydrogen) atoms. The quantitative estimate of drug-likeness (QED) is 0.0261. The number of ether oxygens (including phenoxy) is 3. The van der Waals surface area contributed by atoms with E-state index in [2.05, 4.69) is 93.7 Å². The predicted molar refractivity (Wildman–Crippen MR) is 335 cm³/mol. The van der Waals surface area contributed by atoms with E-state index in [1.807, 2.05) is 0 Å². The van der Waals surface area contributed by atoms with Crippen molar-refractivity contribution in [2.45, 2.75) is 348 Å². The van der Waals surface area contributed by atoms with Crippen molar-refractivity contribution < 1.29 is 28.6 Å². The van der Waals surface area contributed by atoms with E-state index in [0.717, 1.165) is 109 Å². The summed E-state index contributed by atoms with van der Waals surface area (Å²) in [5.74, 6) is -0.896. The molecule has 0 rings (SSSR count). The second-order valence-corrected chi connectivity index (χ2v) is 22.4. The first-order valence-electron chi connectivity index (χ1n) is 33.4. The second kappa shape index (κ2) is 65.4. The third kappa shape index (κ3) is 63.6. The lowest BCUT2D eigenvalue weighted by Gasteiger charge is -2.18. The molecule has 6 heteroatoms. The fourth-order valence-corrected chi connectivity index (χ4v) is 9.59. The summed E-state index contributed by atoms with van der Waals surface area (Å²) in [5, 5.41) is 0. The van der Waals surface area contributed by atoms with E-state index < -0.39 is 6.10 Å². The first-order chi connectivity index (χ1) is 38.0.